The van der Waals surface area contributed by atoms with Crippen LogP contribution in [-0.2, 0) is 15.7 Å². The minimum absolute atomic E-state index is 0.118. The molecule has 0 unspecified atom stereocenters. The topological polar surface area (TPSA) is 56.6 Å². The Balaban J connectivity index is 1.85. The van der Waals surface area contributed by atoms with Crippen molar-refractivity contribution in [3.05, 3.63) is 29.3 Å². The Morgan fingerprint density at radius 2 is 2.10 bits per heavy atom. The fourth-order valence-electron chi connectivity index (χ4n) is 4.77. The Morgan fingerprint density at radius 1 is 1.37 bits per heavy atom. The predicted octanol–water partition coefficient (Wildman–Crippen LogP) is 3.92. The van der Waals surface area contributed by atoms with E-state index in [2.05, 4.69) is 0 Å². The number of rotatable bonds is 5. The van der Waals surface area contributed by atoms with Crippen LogP contribution < -0.4 is 4.90 Å². The molecule has 2 saturated heterocycles. The van der Waals surface area contributed by atoms with E-state index in [9.17, 15) is 18.0 Å². The third-order valence-electron chi connectivity index (χ3n) is 6.29. The average molecular weight is 423 g/mol. The van der Waals surface area contributed by atoms with Crippen molar-refractivity contribution < 1.29 is 22.7 Å². The van der Waals surface area contributed by atoms with Gasteiger partial charge in [0, 0.05) is 56.7 Å². The van der Waals surface area contributed by atoms with Crippen LogP contribution in [0.2, 0.25) is 0 Å². The van der Waals surface area contributed by atoms with E-state index in [1.54, 1.807) is 19.2 Å². The fourth-order valence-corrected chi connectivity index (χ4v) is 4.77. The van der Waals surface area contributed by atoms with Gasteiger partial charge < -0.3 is 14.5 Å². The van der Waals surface area contributed by atoms with Gasteiger partial charge in [-0.15, -0.1) is 0 Å². The normalized spacial score (nSPS) is 24.1. The highest BCUT2D eigenvalue weighted by atomic mass is 19.4. The summed E-state index contributed by atoms with van der Waals surface area (Å²) in [4.78, 5) is 16.4. The second kappa shape index (κ2) is 8.46. The summed E-state index contributed by atoms with van der Waals surface area (Å²) in [5.74, 6) is 0.530. The largest absolute Gasteiger partial charge is 0.417 e. The summed E-state index contributed by atoms with van der Waals surface area (Å²) < 4.78 is 45.7. The number of alkyl halides is 3. The number of nitrogens with zero attached hydrogens (tertiary/aromatic N) is 3. The van der Waals surface area contributed by atoms with Gasteiger partial charge in [0.25, 0.3) is 0 Å². The van der Waals surface area contributed by atoms with E-state index in [1.165, 1.54) is 6.07 Å². The van der Waals surface area contributed by atoms with Gasteiger partial charge >= 0.3 is 6.18 Å². The fraction of sp³-hybridized carbons (Fsp3) is 0.636. The number of carbonyl (C=O) groups excluding carboxylic acids is 1. The number of piperidine rings is 1. The average Bonchev–Trinajstić information content (AvgIpc) is 3.05. The first-order valence-electron chi connectivity index (χ1n) is 10.2. The van der Waals surface area contributed by atoms with Crippen LogP contribution in [0, 0.1) is 28.6 Å². The first-order chi connectivity index (χ1) is 14.1. The lowest BCUT2D eigenvalue weighted by atomic mass is 9.73. The van der Waals surface area contributed by atoms with E-state index in [0.717, 1.165) is 12.5 Å². The van der Waals surface area contributed by atoms with Crippen LogP contribution in [0.25, 0.3) is 0 Å². The molecule has 0 bridgehead atoms. The van der Waals surface area contributed by atoms with Crippen molar-refractivity contribution in [1.29, 1.82) is 5.26 Å². The number of benzene rings is 1. The number of halogens is 3. The molecule has 0 aliphatic carbocycles. The summed E-state index contributed by atoms with van der Waals surface area (Å²) in [7, 11) is 1.63. The zero-order valence-electron chi connectivity index (χ0n) is 17.6. The molecular formula is C22H28F3N3O2. The number of hydrogen-bond donors (Lipinski definition) is 0. The van der Waals surface area contributed by atoms with Gasteiger partial charge in [-0.1, -0.05) is 13.8 Å². The maximum atomic E-state index is 13.4. The molecule has 1 aromatic rings. The lowest BCUT2D eigenvalue weighted by Gasteiger charge is -2.43. The summed E-state index contributed by atoms with van der Waals surface area (Å²) in [6, 6.07) is 5.51. The van der Waals surface area contributed by atoms with Crippen LogP contribution in [0.15, 0.2) is 18.2 Å². The Bertz CT molecular complexity index is 834. The van der Waals surface area contributed by atoms with Crippen LogP contribution >= 0.6 is 0 Å². The molecule has 8 heteroatoms. The predicted molar refractivity (Wildman–Crippen MR) is 107 cm³/mol. The first kappa shape index (κ1) is 22.4. The summed E-state index contributed by atoms with van der Waals surface area (Å²) in [5.41, 5.74) is -1.03. The van der Waals surface area contributed by atoms with Gasteiger partial charge in [-0.05, 0) is 30.5 Å². The number of fused-ring (bicyclic) bond motifs is 1. The lowest BCUT2D eigenvalue weighted by molar-refractivity contribution is -0.138. The molecule has 3 rings (SSSR count). The summed E-state index contributed by atoms with van der Waals surface area (Å²) in [6.07, 6.45) is -3.33. The van der Waals surface area contributed by atoms with Crippen molar-refractivity contribution in [2.24, 2.45) is 17.3 Å². The number of nitriles is 1. The first-order valence-corrected chi connectivity index (χ1v) is 10.2. The molecule has 0 radical (unpaired) electrons. The summed E-state index contributed by atoms with van der Waals surface area (Å²) in [6.45, 7) is 6.88. The highest BCUT2D eigenvalue weighted by Gasteiger charge is 2.50. The number of methoxy groups -OCH3 is 1. The van der Waals surface area contributed by atoms with E-state index in [-0.39, 0.29) is 28.7 Å². The molecule has 1 aromatic carbocycles. The molecule has 5 nitrogen and oxygen atoms in total. The molecule has 0 aromatic heterocycles. The van der Waals surface area contributed by atoms with Crippen LogP contribution in [0.4, 0.5) is 18.9 Å². The number of likely N-dealkylation sites (tertiary alicyclic amines) is 1. The van der Waals surface area contributed by atoms with Crippen molar-refractivity contribution in [2.45, 2.75) is 32.9 Å². The van der Waals surface area contributed by atoms with Crippen LogP contribution in [0.5, 0.6) is 0 Å². The molecule has 30 heavy (non-hydrogen) atoms. The highest BCUT2D eigenvalue weighted by molar-refractivity contribution is 5.76. The van der Waals surface area contributed by atoms with Crippen molar-refractivity contribution in [3.63, 3.8) is 0 Å². The van der Waals surface area contributed by atoms with E-state index >= 15 is 0 Å². The number of hydrogen-bond acceptors (Lipinski definition) is 4. The maximum absolute atomic E-state index is 13.4. The Morgan fingerprint density at radius 3 is 2.70 bits per heavy atom. The summed E-state index contributed by atoms with van der Waals surface area (Å²) in [5, 5.41) is 9.04. The molecule has 0 saturated carbocycles. The molecule has 1 amide bonds. The molecule has 2 fully saturated rings. The monoisotopic (exact) mass is 423 g/mol. The van der Waals surface area contributed by atoms with E-state index in [4.69, 9.17) is 10.00 Å². The van der Waals surface area contributed by atoms with Crippen LogP contribution in [-0.4, -0.2) is 50.7 Å². The SMILES string of the molecule is COC[C@@]12CCN(C(=O)CC(C)C)C[C@@H]1CN(c1ccc(C#N)c(C(F)(F)F)c1)C2. The number of ether oxygens (including phenoxy) is 1. The Kier molecular flexibility index (Phi) is 6.32. The molecule has 0 spiro atoms. The van der Waals surface area contributed by atoms with E-state index < -0.39 is 11.7 Å². The van der Waals surface area contributed by atoms with Crippen LogP contribution in [0.3, 0.4) is 0 Å². The molecule has 164 valence electrons. The number of anilines is 1. The molecule has 2 atom stereocenters. The minimum Gasteiger partial charge on any atom is -0.384 e. The molecule has 0 N–H and O–H groups in total. The Labute approximate surface area is 175 Å². The summed E-state index contributed by atoms with van der Waals surface area (Å²) >= 11 is 0. The molecule has 2 aliphatic rings. The quantitative estimate of drug-likeness (QED) is 0.720. The van der Waals surface area contributed by atoms with Gasteiger partial charge in [-0.2, -0.15) is 18.4 Å². The van der Waals surface area contributed by atoms with Crippen molar-refractivity contribution >= 4 is 11.6 Å². The highest BCUT2D eigenvalue weighted by Crippen LogP contribution is 2.45. The second-order valence-electron chi connectivity index (χ2n) is 8.90. The van der Waals surface area contributed by atoms with Crippen molar-refractivity contribution in [1.82, 2.24) is 4.90 Å². The maximum Gasteiger partial charge on any atom is 0.417 e. The van der Waals surface area contributed by atoms with E-state index in [1.807, 2.05) is 23.6 Å². The van der Waals surface area contributed by atoms with Gasteiger partial charge in [0.2, 0.25) is 5.91 Å². The zero-order valence-corrected chi connectivity index (χ0v) is 17.6. The molecule has 2 heterocycles. The standard InChI is InChI=1S/C22H28F3N3O2/c1-15(2)8-20(29)27-7-6-21(14-30-3)13-28(12-17(21)11-27)18-5-4-16(10-26)19(9-18)22(23,24)25/h4-5,9,15,17H,6-8,11-14H2,1-3H3/t17-,21+/m1/s1. The third-order valence-corrected chi connectivity index (χ3v) is 6.29. The molecular weight excluding hydrogens is 395 g/mol. The van der Waals surface area contributed by atoms with Crippen LogP contribution in [0.1, 0.15) is 37.8 Å². The number of carbonyl (C=O) groups is 1. The zero-order chi connectivity index (χ0) is 22.1. The van der Waals surface area contributed by atoms with Gasteiger partial charge in [-0.25, -0.2) is 0 Å². The van der Waals surface area contributed by atoms with Gasteiger partial charge in [0.15, 0.2) is 0 Å². The van der Waals surface area contributed by atoms with Gasteiger partial charge in [0.05, 0.1) is 23.8 Å². The smallest absolute Gasteiger partial charge is 0.384 e. The third kappa shape index (κ3) is 4.41. The minimum atomic E-state index is -4.59. The van der Waals surface area contributed by atoms with Gasteiger partial charge in [0.1, 0.15) is 0 Å². The number of amides is 1. The van der Waals surface area contributed by atoms with Crippen molar-refractivity contribution in [2.75, 3.05) is 44.8 Å². The molecule has 2 aliphatic heterocycles. The van der Waals surface area contributed by atoms with Crippen molar-refractivity contribution in [3.8, 4) is 6.07 Å². The lowest BCUT2D eigenvalue weighted by Crippen LogP contribution is -2.51. The second-order valence-corrected chi connectivity index (χ2v) is 8.90. The Hall–Kier alpha value is -2.27. The van der Waals surface area contributed by atoms with E-state index in [0.29, 0.717) is 44.9 Å². The van der Waals surface area contributed by atoms with Gasteiger partial charge in [-0.3, -0.25) is 4.79 Å².